The Morgan fingerprint density at radius 3 is 2.61 bits per heavy atom. The number of rotatable bonds is 4. The van der Waals surface area contributed by atoms with Crippen LogP contribution in [0.4, 0.5) is 0 Å². The van der Waals surface area contributed by atoms with Crippen molar-refractivity contribution in [1.82, 2.24) is 5.32 Å². The van der Waals surface area contributed by atoms with Crippen LogP contribution in [0.15, 0.2) is 0 Å². The molecule has 4 heteroatoms. The smallest absolute Gasteiger partial charge is 0.246 e. The zero-order chi connectivity index (χ0) is 13.8. The average Bonchev–Trinajstić information content (AvgIpc) is 2.29. The first kappa shape index (κ1) is 15.4. The van der Waals surface area contributed by atoms with Crippen LogP contribution in [0.2, 0.25) is 0 Å². The molecule has 4 nitrogen and oxygen atoms in total. The molecule has 2 unspecified atom stereocenters. The lowest BCUT2D eigenvalue weighted by atomic mass is 9.73. The molecule has 2 atom stereocenters. The zero-order valence-electron chi connectivity index (χ0n) is 12.2. The maximum absolute atomic E-state index is 12.0. The number of ether oxygens (including phenoxy) is 1. The third-order valence-corrected chi connectivity index (χ3v) is 3.84. The van der Waals surface area contributed by atoms with E-state index in [-0.39, 0.29) is 23.7 Å². The number of nitrogens with one attached hydrogen (secondary N) is 1. The van der Waals surface area contributed by atoms with E-state index < -0.39 is 0 Å². The lowest BCUT2D eigenvalue weighted by Gasteiger charge is -2.42. The molecule has 0 aliphatic heterocycles. The number of hydrogen-bond acceptors (Lipinski definition) is 3. The van der Waals surface area contributed by atoms with Crippen molar-refractivity contribution in [2.45, 2.75) is 64.5 Å². The SMILES string of the molecule is CC1CCCCC1(CN)NC(=O)COC(C)(C)C. The van der Waals surface area contributed by atoms with E-state index in [0.29, 0.717) is 12.5 Å². The van der Waals surface area contributed by atoms with Gasteiger partial charge >= 0.3 is 0 Å². The molecule has 0 saturated heterocycles. The number of hydrogen-bond donors (Lipinski definition) is 2. The Hall–Kier alpha value is -0.610. The summed E-state index contributed by atoms with van der Waals surface area (Å²) in [6.07, 6.45) is 4.49. The van der Waals surface area contributed by atoms with Crippen molar-refractivity contribution in [2.75, 3.05) is 13.2 Å². The summed E-state index contributed by atoms with van der Waals surface area (Å²) >= 11 is 0. The van der Waals surface area contributed by atoms with E-state index in [1.54, 1.807) is 0 Å². The average molecular weight is 256 g/mol. The largest absolute Gasteiger partial charge is 0.366 e. The van der Waals surface area contributed by atoms with Gasteiger partial charge in [-0.3, -0.25) is 4.79 Å². The van der Waals surface area contributed by atoms with Gasteiger partial charge in [0.15, 0.2) is 0 Å². The molecule has 1 aliphatic carbocycles. The van der Waals surface area contributed by atoms with Crippen molar-refractivity contribution in [3.63, 3.8) is 0 Å². The van der Waals surface area contributed by atoms with Gasteiger partial charge in [0.1, 0.15) is 6.61 Å². The standard InChI is InChI=1S/C14H28N2O2/c1-11-7-5-6-8-14(11,10-15)16-12(17)9-18-13(2,3)4/h11H,5-10,15H2,1-4H3,(H,16,17). The second-order valence-electron chi connectivity index (χ2n) is 6.46. The van der Waals surface area contributed by atoms with Gasteiger partial charge in [-0.05, 0) is 39.5 Å². The summed E-state index contributed by atoms with van der Waals surface area (Å²) < 4.78 is 5.50. The van der Waals surface area contributed by atoms with E-state index in [0.717, 1.165) is 19.3 Å². The monoisotopic (exact) mass is 256 g/mol. The summed E-state index contributed by atoms with van der Waals surface area (Å²) in [5.74, 6) is 0.388. The highest BCUT2D eigenvalue weighted by Gasteiger charge is 2.38. The Labute approximate surface area is 111 Å². The van der Waals surface area contributed by atoms with Crippen molar-refractivity contribution in [1.29, 1.82) is 0 Å². The lowest BCUT2D eigenvalue weighted by Crippen LogP contribution is -2.60. The first-order chi connectivity index (χ1) is 8.29. The van der Waals surface area contributed by atoms with Crippen LogP contribution in [0.5, 0.6) is 0 Å². The fourth-order valence-electron chi connectivity index (χ4n) is 2.55. The molecule has 18 heavy (non-hydrogen) atoms. The normalized spacial score (nSPS) is 29.1. The van der Waals surface area contributed by atoms with Gasteiger partial charge in [0, 0.05) is 6.54 Å². The fraction of sp³-hybridized carbons (Fsp3) is 0.929. The summed E-state index contributed by atoms with van der Waals surface area (Å²) in [6.45, 7) is 8.64. The minimum absolute atomic E-state index is 0.0517. The molecule has 0 aromatic heterocycles. The molecule has 1 saturated carbocycles. The van der Waals surface area contributed by atoms with Gasteiger partial charge in [0.2, 0.25) is 5.91 Å². The van der Waals surface area contributed by atoms with E-state index in [1.165, 1.54) is 6.42 Å². The predicted molar refractivity (Wildman–Crippen MR) is 73.3 cm³/mol. The Morgan fingerprint density at radius 2 is 2.11 bits per heavy atom. The van der Waals surface area contributed by atoms with E-state index in [2.05, 4.69) is 12.2 Å². The molecule has 1 fully saturated rings. The minimum atomic E-state index is -0.286. The van der Waals surface area contributed by atoms with Crippen molar-refractivity contribution in [2.24, 2.45) is 11.7 Å². The van der Waals surface area contributed by atoms with E-state index in [1.807, 2.05) is 20.8 Å². The van der Waals surface area contributed by atoms with Gasteiger partial charge in [-0.1, -0.05) is 19.8 Å². The molecule has 0 aromatic rings. The summed E-state index contributed by atoms with van der Waals surface area (Å²) in [5.41, 5.74) is 5.39. The molecule has 1 amide bonds. The molecule has 0 radical (unpaired) electrons. The van der Waals surface area contributed by atoms with Crippen LogP contribution in [-0.4, -0.2) is 30.2 Å². The third kappa shape index (κ3) is 4.25. The Bertz CT molecular complexity index is 286. The van der Waals surface area contributed by atoms with Gasteiger partial charge in [-0.25, -0.2) is 0 Å². The van der Waals surface area contributed by atoms with Crippen molar-refractivity contribution in [3.8, 4) is 0 Å². The number of amides is 1. The van der Waals surface area contributed by atoms with Crippen LogP contribution < -0.4 is 11.1 Å². The predicted octanol–water partition coefficient (Wildman–Crippen LogP) is 1.83. The molecule has 3 N–H and O–H groups in total. The first-order valence-electron chi connectivity index (χ1n) is 6.94. The maximum atomic E-state index is 12.0. The van der Waals surface area contributed by atoms with Crippen molar-refractivity contribution < 1.29 is 9.53 Å². The fourth-order valence-corrected chi connectivity index (χ4v) is 2.55. The van der Waals surface area contributed by atoms with Crippen LogP contribution in [-0.2, 0) is 9.53 Å². The van der Waals surface area contributed by atoms with Crippen LogP contribution >= 0.6 is 0 Å². The van der Waals surface area contributed by atoms with Crippen molar-refractivity contribution >= 4 is 5.91 Å². The van der Waals surface area contributed by atoms with E-state index in [4.69, 9.17) is 10.5 Å². The molecular weight excluding hydrogens is 228 g/mol. The molecule has 1 rings (SSSR count). The summed E-state index contributed by atoms with van der Waals surface area (Å²) in [6, 6.07) is 0. The molecule has 0 heterocycles. The van der Waals surface area contributed by atoms with Crippen LogP contribution in [0, 0.1) is 5.92 Å². The van der Waals surface area contributed by atoms with Crippen LogP contribution in [0.25, 0.3) is 0 Å². The highest BCUT2D eigenvalue weighted by molar-refractivity contribution is 5.78. The van der Waals surface area contributed by atoms with Crippen LogP contribution in [0.1, 0.15) is 53.4 Å². The molecule has 106 valence electrons. The zero-order valence-corrected chi connectivity index (χ0v) is 12.2. The molecule has 1 aliphatic rings. The summed E-state index contributed by atoms with van der Waals surface area (Å²) in [4.78, 5) is 12.0. The molecular formula is C14H28N2O2. The van der Waals surface area contributed by atoms with Crippen molar-refractivity contribution in [3.05, 3.63) is 0 Å². The number of carbonyl (C=O) groups excluding carboxylic acids is 1. The van der Waals surface area contributed by atoms with Crippen LogP contribution in [0.3, 0.4) is 0 Å². The second kappa shape index (κ2) is 6.02. The Morgan fingerprint density at radius 1 is 1.44 bits per heavy atom. The van der Waals surface area contributed by atoms with Gasteiger partial charge in [0.25, 0.3) is 0 Å². The molecule has 0 spiro atoms. The summed E-state index contributed by atoms with van der Waals surface area (Å²) in [7, 11) is 0. The topological polar surface area (TPSA) is 64.3 Å². The summed E-state index contributed by atoms with van der Waals surface area (Å²) in [5, 5.41) is 3.12. The van der Waals surface area contributed by atoms with Gasteiger partial charge in [0.05, 0.1) is 11.1 Å². The molecule has 0 bridgehead atoms. The third-order valence-electron chi connectivity index (χ3n) is 3.84. The second-order valence-corrected chi connectivity index (χ2v) is 6.46. The quantitative estimate of drug-likeness (QED) is 0.806. The van der Waals surface area contributed by atoms with E-state index >= 15 is 0 Å². The Balaban J connectivity index is 2.54. The Kier molecular flexibility index (Phi) is 5.17. The molecule has 0 aromatic carbocycles. The van der Waals surface area contributed by atoms with Gasteiger partial charge in [-0.15, -0.1) is 0 Å². The highest BCUT2D eigenvalue weighted by atomic mass is 16.5. The lowest BCUT2D eigenvalue weighted by molar-refractivity contribution is -0.133. The number of carbonyl (C=O) groups is 1. The minimum Gasteiger partial charge on any atom is -0.366 e. The van der Waals surface area contributed by atoms with Gasteiger partial charge < -0.3 is 15.8 Å². The van der Waals surface area contributed by atoms with E-state index in [9.17, 15) is 4.79 Å². The van der Waals surface area contributed by atoms with Gasteiger partial charge in [-0.2, -0.15) is 0 Å². The highest BCUT2D eigenvalue weighted by Crippen LogP contribution is 2.32. The first-order valence-corrected chi connectivity index (χ1v) is 6.94. The number of nitrogens with two attached hydrogens (primary N) is 1. The maximum Gasteiger partial charge on any atom is 0.246 e.